The smallest absolute Gasteiger partial charge is 0.280 e. The first-order valence-corrected chi connectivity index (χ1v) is 8.81. The highest BCUT2D eigenvalue weighted by atomic mass is 16.6. The third-order valence-corrected chi connectivity index (χ3v) is 4.29. The number of nitro benzene ring substituents is 1. The standard InChI is InChI=1S/C22H17N3O4/c1-15(16-7-3-2-4-8-16)24-22(26)17(14-23)13-18-11-12-21(29-18)19-9-5-6-10-20(19)25(27)28/h2-13,15H,1H3,(H,24,26)/b17-13+/t15-/m0/s1. The molecule has 0 aliphatic carbocycles. The molecule has 2 aromatic carbocycles. The molecule has 1 N–H and O–H groups in total. The Hall–Kier alpha value is -4.18. The molecule has 1 atom stereocenters. The number of nitriles is 1. The predicted molar refractivity (Wildman–Crippen MR) is 107 cm³/mol. The third-order valence-electron chi connectivity index (χ3n) is 4.29. The van der Waals surface area contributed by atoms with Crippen LogP contribution in [0.1, 0.15) is 24.3 Å². The van der Waals surface area contributed by atoms with Crippen LogP contribution in [0.2, 0.25) is 0 Å². The highest BCUT2D eigenvalue weighted by molar-refractivity contribution is 6.01. The highest BCUT2D eigenvalue weighted by Gasteiger charge is 2.18. The van der Waals surface area contributed by atoms with Crippen LogP contribution in [0.4, 0.5) is 5.69 Å². The lowest BCUT2D eigenvalue weighted by Crippen LogP contribution is -2.27. The monoisotopic (exact) mass is 387 g/mol. The van der Waals surface area contributed by atoms with Gasteiger partial charge in [-0.15, -0.1) is 0 Å². The van der Waals surface area contributed by atoms with E-state index in [1.807, 2.05) is 43.3 Å². The molecule has 29 heavy (non-hydrogen) atoms. The van der Waals surface area contributed by atoms with Crippen molar-refractivity contribution in [2.45, 2.75) is 13.0 Å². The van der Waals surface area contributed by atoms with Crippen molar-refractivity contribution in [2.75, 3.05) is 0 Å². The number of hydrogen-bond acceptors (Lipinski definition) is 5. The number of para-hydroxylation sites is 1. The van der Waals surface area contributed by atoms with E-state index in [2.05, 4.69) is 5.32 Å². The number of rotatable bonds is 6. The Balaban J connectivity index is 1.81. The van der Waals surface area contributed by atoms with Crippen LogP contribution in [0.25, 0.3) is 17.4 Å². The Morgan fingerprint density at radius 1 is 1.14 bits per heavy atom. The topological polar surface area (TPSA) is 109 Å². The molecule has 1 heterocycles. The number of carbonyl (C=O) groups excluding carboxylic acids is 1. The minimum Gasteiger partial charge on any atom is -0.456 e. The summed E-state index contributed by atoms with van der Waals surface area (Å²) in [5.41, 5.74) is 1.01. The van der Waals surface area contributed by atoms with Gasteiger partial charge in [0.25, 0.3) is 11.6 Å². The molecule has 3 rings (SSSR count). The van der Waals surface area contributed by atoms with Gasteiger partial charge in [-0.3, -0.25) is 14.9 Å². The molecule has 0 aliphatic rings. The Morgan fingerprint density at radius 3 is 2.52 bits per heavy atom. The Bertz CT molecular complexity index is 1110. The van der Waals surface area contributed by atoms with E-state index >= 15 is 0 Å². The zero-order valence-corrected chi connectivity index (χ0v) is 15.5. The predicted octanol–water partition coefficient (Wildman–Crippen LogP) is 4.64. The van der Waals surface area contributed by atoms with Gasteiger partial charge in [0.2, 0.25) is 0 Å². The van der Waals surface area contributed by atoms with Crippen molar-refractivity contribution in [3.8, 4) is 17.4 Å². The van der Waals surface area contributed by atoms with Crippen molar-refractivity contribution in [2.24, 2.45) is 0 Å². The molecule has 1 aromatic heterocycles. The van der Waals surface area contributed by atoms with Crippen molar-refractivity contribution in [3.63, 3.8) is 0 Å². The minimum absolute atomic E-state index is 0.0904. The number of nitro groups is 1. The number of nitrogens with zero attached hydrogens (tertiary/aromatic N) is 2. The van der Waals surface area contributed by atoms with Gasteiger partial charge in [-0.25, -0.2) is 0 Å². The van der Waals surface area contributed by atoms with Gasteiger partial charge in [-0.1, -0.05) is 42.5 Å². The van der Waals surface area contributed by atoms with Crippen LogP contribution in [0.3, 0.4) is 0 Å². The average Bonchev–Trinajstić information content (AvgIpc) is 3.21. The third kappa shape index (κ3) is 4.57. The van der Waals surface area contributed by atoms with Crippen LogP contribution in [-0.4, -0.2) is 10.8 Å². The molecule has 7 nitrogen and oxygen atoms in total. The van der Waals surface area contributed by atoms with Crippen LogP contribution in [-0.2, 0) is 4.79 Å². The molecule has 0 aliphatic heterocycles. The molecular weight excluding hydrogens is 370 g/mol. The fraction of sp³-hybridized carbons (Fsp3) is 0.0909. The first-order chi connectivity index (χ1) is 14.0. The Morgan fingerprint density at radius 2 is 1.83 bits per heavy atom. The van der Waals surface area contributed by atoms with Crippen LogP contribution < -0.4 is 5.32 Å². The maximum absolute atomic E-state index is 12.4. The lowest BCUT2D eigenvalue weighted by atomic mass is 10.1. The molecule has 0 fully saturated rings. The number of furan rings is 1. The molecule has 144 valence electrons. The summed E-state index contributed by atoms with van der Waals surface area (Å²) in [5.74, 6) is -0.0105. The SMILES string of the molecule is C[C@H](NC(=O)/C(C#N)=C/c1ccc(-c2ccccc2[N+](=O)[O-])o1)c1ccccc1. The van der Waals surface area contributed by atoms with Gasteiger partial charge in [-0.2, -0.15) is 5.26 Å². The summed E-state index contributed by atoms with van der Waals surface area (Å²) in [4.78, 5) is 23.1. The van der Waals surface area contributed by atoms with Crippen molar-refractivity contribution in [3.05, 3.63) is 93.7 Å². The van der Waals surface area contributed by atoms with E-state index < -0.39 is 10.8 Å². The summed E-state index contributed by atoms with van der Waals surface area (Å²) in [7, 11) is 0. The van der Waals surface area contributed by atoms with Crippen LogP contribution in [0.5, 0.6) is 0 Å². The summed E-state index contributed by atoms with van der Waals surface area (Å²) >= 11 is 0. The fourth-order valence-corrected chi connectivity index (χ4v) is 2.81. The number of benzene rings is 2. The van der Waals surface area contributed by atoms with E-state index in [4.69, 9.17) is 4.42 Å². The minimum atomic E-state index is -0.535. The largest absolute Gasteiger partial charge is 0.456 e. The summed E-state index contributed by atoms with van der Waals surface area (Å²) in [5, 5.41) is 23.3. The zero-order chi connectivity index (χ0) is 20.8. The molecule has 0 saturated heterocycles. The van der Waals surface area contributed by atoms with Crippen LogP contribution >= 0.6 is 0 Å². The van der Waals surface area contributed by atoms with Gasteiger partial charge in [0.1, 0.15) is 23.2 Å². The van der Waals surface area contributed by atoms with Gasteiger partial charge in [-0.05, 0) is 30.7 Å². The molecular formula is C22H17N3O4. The van der Waals surface area contributed by atoms with Crippen molar-refractivity contribution >= 4 is 17.7 Å². The number of hydrogen-bond donors (Lipinski definition) is 1. The molecule has 0 radical (unpaired) electrons. The van der Waals surface area contributed by atoms with E-state index in [9.17, 15) is 20.2 Å². The molecule has 0 unspecified atom stereocenters. The number of carbonyl (C=O) groups is 1. The van der Waals surface area contributed by atoms with E-state index in [0.717, 1.165) is 5.56 Å². The molecule has 0 bridgehead atoms. The first-order valence-electron chi connectivity index (χ1n) is 8.81. The number of amides is 1. The Kier molecular flexibility index (Phi) is 5.85. The Labute approximate surface area is 167 Å². The van der Waals surface area contributed by atoms with E-state index in [1.165, 1.54) is 12.1 Å². The zero-order valence-electron chi connectivity index (χ0n) is 15.5. The maximum Gasteiger partial charge on any atom is 0.280 e. The van der Waals surface area contributed by atoms with Crippen LogP contribution in [0, 0.1) is 21.4 Å². The van der Waals surface area contributed by atoms with Gasteiger partial charge in [0.15, 0.2) is 0 Å². The average molecular weight is 387 g/mol. The second-order valence-electron chi connectivity index (χ2n) is 6.25. The van der Waals surface area contributed by atoms with E-state index in [0.29, 0.717) is 5.56 Å². The number of nitrogens with one attached hydrogen (secondary N) is 1. The van der Waals surface area contributed by atoms with E-state index in [1.54, 1.807) is 30.3 Å². The summed E-state index contributed by atoms with van der Waals surface area (Å²) in [6.07, 6.45) is 1.31. The molecule has 0 spiro atoms. The van der Waals surface area contributed by atoms with Crippen LogP contribution in [0.15, 0.2) is 76.7 Å². The van der Waals surface area contributed by atoms with Crippen molar-refractivity contribution in [1.29, 1.82) is 5.26 Å². The van der Waals surface area contributed by atoms with Crippen molar-refractivity contribution < 1.29 is 14.1 Å². The van der Waals surface area contributed by atoms with Gasteiger partial charge < -0.3 is 9.73 Å². The lowest BCUT2D eigenvalue weighted by Gasteiger charge is -2.13. The summed E-state index contributed by atoms with van der Waals surface area (Å²) < 4.78 is 5.62. The molecule has 1 amide bonds. The van der Waals surface area contributed by atoms with Gasteiger partial charge in [0, 0.05) is 12.1 Å². The molecule has 7 heteroatoms. The quantitative estimate of drug-likeness (QED) is 0.287. The normalized spacial score (nSPS) is 12.1. The highest BCUT2D eigenvalue weighted by Crippen LogP contribution is 2.31. The molecule has 3 aromatic rings. The molecule has 0 saturated carbocycles. The fourth-order valence-electron chi connectivity index (χ4n) is 2.81. The lowest BCUT2D eigenvalue weighted by molar-refractivity contribution is -0.384. The summed E-state index contributed by atoms with van der Waals surface area (Å²) in [6, 6.07) is 20.3. The van der Waals surface area contributed by atoms with E-state index in [-0.39, 0.29) is 28.8 Å². The van der Waals surface area contributed by atoms with Gasteiger partial charge in [0.05, 0.1) is 16.5 Å². The summed E-state index contributed by atoms with van der Waals surface area (Å²) in [6.45, 7) is 1.82. The second-order valence-corrected chi connectivity index (χ2v) is 6.25. The first kappa shape index (κ1) is 19.6. The second kappa shape index (κ2) is 8.67. The van der Waals surface area contributed by atoms with Crippen molar-refractivity contribution in [1.82, 2.24) is 5.32 Å². The van der Waals surface area contributed by atoms with Gasteiger partial charge >= 0.3 is 0 Å². The maximum atomic E-state index is 12.4.